The first-order valence-corrected chi connectivity index (χ1v) is 6.38. The quantitative estimate of drug-likeness (QED) is 0.812. The monoisotopic (exact) mass is 276 g/mol. The number of nitrogens with zero attached hydrogens (tertiary/aromatic N) is 2. The number of urea groups is 1. The Kier molecular flexibility index (Phi) is 3.82. The Morgan fingerprint density at radius 1 is 1.68 bits per heavy atom. The lowest BCUT2D eigenvalue weighted by molar-refractivity contribution is 0.207. The first-order valence-electron chi connectivity index (χ1n) is 5.50. The second-order valence-electron chi connectivity index (χ2n) is 3.87. The van der Waals surface area contributed by atoms with Gasteiger partial charge in [-0.2, -0.15) is 0 Å². The number of H-pyrrole nitrogens is 1. The first kappa shape index (κ1) is 13.1. The third-order valence-electron chi connectivity index (χ3n) is 2.44. The van der Waals surface area contributed by atoms with Gasteiger partial charge in [0.1, 0.15) is 10.5 Å². The van der Waals surface area contributed by atoms with E-state index in [2.05, 4.69) is 21.2 Å². The zero-order valence-electron chi connectivity index (χ0n) is 10.3. The number of rotatable bonds is 3. The van der Waals surface area contributed by atoms with E-state index in [1.165, 1.54) is 16.2 Å². The van der Waals surface area contributed by atoms with Gasteiger partial charge in [0.15, 0.2) is 0 Å². The summed E-state index contributed by atoms with van der Waals surface area (Å²) in [5, 5.41) is 4.34. The molecule has 2 heterocycles. The van der Waals surface area contributed by atoms with Crippen molar-refractivity contribution in [2.45, 2.75) is 6.54 Å². The second kappa shape index (κ2) is 5.54. The Labute approximate surface area is 113 Å². The van der Waals surface area contributed by atoms with E-state index in [1.807, 2.05) is 0 Å². The molecule has 0 spiro atoms. The molecular weight excluding hydrogens is 264 g/mol. The highest BCUT2D eigenvalue weighted by Gasteiger charge is 2.11. The summed E-state index contributed by atoms with van der Waals surface area (Å²) in [5.74, 6) is 2.76. The van der Waals surface area contributed by atoms with Gasteiger partial charge in [0.05, 0.1) is 18.6 Å². The van der Waals surface area contributed by atoms with Crippen LogP contribution in [0.4, 0.5) is 4.79 Å². The van der Waals surface area contributed by atoms with Gasteiger partial charge < -0.3 is 15.2 Å². The Bertz CT molecular complexity index is 698. The summed E-state index contributed by atoms with van der Waals surface area (Å²) >= 11 is 1.34. The van der Waals surface area contributed by atoms with E-state index in [0.29, 0.717) is 16.0 Å². The highest BCUT2D eigenvalue weighted by molar-refractivity contribution is 7.17. The van der Waals surface area contributed by atoms with Crippen molar-refractivity contribution >= 4 is 27.6 Å². The van der Waals surface area contributed by atoms with Crippen LogP contribution in [-0.2, 0) is 6.54 Å². The summed E-state index contributed by atoms with van der Waals surface area (Å²) in [6.45, 7) is 0.369. The van der Waals surface area contributed by atoms with Crippen LogP contribution < -0.4 is 10.9 Å². The van der Waals surface area contributed by atoms with E-state index < -0.39 is 0 Å². The van der Waals surface area contributed by atoms with E-state index >= 15 is 0 Å². The van der Waals surface area contributed by atoms with Crippen LogP contribution >= 0.6 is 11.3 Å². The van der Waals surface area contributed by atoms with Gasteiger partial charge in [0, 0.05) is 7.05 Å². The topological polar surface area (TPSA) is 78.1 Å². The lowest BCUT2D eigenvalue weighted by Crippen LogP contribution is -2.37. The number of fused-ring (bicyclic) bond motifs is 1. The number of hydrogen-bond donors (Lipinski definition) is 2. The minimum Gasteiger partial charge on any atom is -0.327 e. The molecule has 6 nitrogen and oxygen atoms in total. The number of carbonyl (C=O) groups is 1. The Morgan fingerprint density at radius 3 is 3.21 bits per heavy atom. The van der Waals surface area contributed by atoms with Crippen LogP contribution in [0.2, 0.25) is 0 Å². The molecule has 0 saturated carbocycles. The number of thiophene rings is 1. The van der Waals surface area contributed by atoms with Crippen LogP contribution in [0.1, 0.15) is 5.82 Å². The van der Waals surface area contributed by atoms with Crippen LogP contribution in [0, 0.1) is 12.3 Å². The van der Waals surface area contributed by atoms with Crippen molar-refractivity contribution in [3.8, 4) is 12.3 Å². The predicted octanol–water partition coefficient (Wildman–Crippen LogP) is 0.759. The van der Waals surface area contributed by atoms with E-state index in [-0.39, 0.29) is 24.7 Å². The van der Waals surface area contributed by atoms with Crippen molar-refractivity contribution in [2.75, 3.05) is 13.6 Å². The lowest BCUT2D eigenvalue weighted by Gasteiger charge is -2.16. The number of hydrogen-bond acceptors (Lipinski definition) is 4. The summed E-state index contributed by atoms with van der Waals surface area (Å²) in [6, 6.07) is 1.46. The molecule has 0 radical (unpaired) electrons. The predicted molar refractivity (Wildman–Crippen MR) is 73.9 cm³/mol. The largest absolute Gasteiger partial charge is 0.327 e. The number of nitrogens with one attached hydrogen (secondary N) is 2. The van der Waals surface area contributed by atoms with Gasteiger partial charge >= 0.3 is 6.03 Å². The van der Waals surface area contributed by atoms with Crippen LogP contribution in [0.25, 0.3) is 10.2 Å². The van der Waals surface area contributed by atoms with E-state index in [4.69, 9.17) is 6.42 Å². The number of carbonyl (C=O) groups excluding carboxylic acids is 1. The first-order chi connectivity index (χ1) is 9.11. The molecule has 0 aliphatic carbocycles. The third kappa shape index (κ3) is 2.92. The second-order valence-corrected chi connectivity index (χ2v) is 4.78. The zero-order chi connectivity index (χ0) is 13.8. The maximum Gasteiger partial charge on any atom is 0.318 e. The molecular formula is C12H12N4O2S. The smallest absolute Gasteiger partial charge is 0.318 e. The van der Waals surface area contributed by atoms with Crippen molar-refractivity contribution in [1.29, 1.82) is 0 Å². The van der Waals surface area contributed by atoms with Crippen molar-refractivity contribution in [1.82, 2.24) is 20.2 Å². The molecule has 0 unspecified atom stereocenters. The fourth-order valence-corrected chi connectivity index (χ4v) is 2.28. The maximum atomic E-state index is 11.8. The van der Waals surface area contributed by atoms with Crippen molar-refractivity contribution in [3.05, 3.63) is 27.6 Å². The fraction of sp³-hybridized carbons (Fsp3) is 0.250. The van der Waals surface area contributed by atoms with Crippen LogP contribution in [0.3, 0.4) is 0 Å². The average molecular weight is 276 g/mol. The molecule has 0 fully saturated rings. The van der Waals surface area contributed by atoms with E-state index in [1.54, 1.807) is 18.5 Å². The Balaban J connectivity index is 2.15. The molecule has 19 heavy (non-hydrogen) atoms. The fourth-order valence-electron chi connectivity index (χ4n) is 1.55. The van der Waals surface area contributed by atoms with Gasteiger partial charge in [-0.3, -0.25) is 4.79 Å². The molecule has 7 heteroatoms. The molecule has 0 atom stereocenters. The van der Waals surface area contributed by atoms with Crippen molar-refractivity contribution in [3.63, 3.8) is 0 Å². The molecule has 0 bridgehead atoms. The van der Waals surface area contributed by atoms with Gasteiger partial charge in [-0.25, -0.2) is 9.78 Å². The van der Waals surface area contributed by atoms with Crippen LogP contribution in [-0.4, -0.2) is 34.5 Å². The van der Waals surface area contributed by atoms with Crippen molar-refractivity contribution < 1.29 is 4.79 Å². The molecule has 0 aliphatic heterocycles. The normalized spacial score (nSPS) is 10.1. The highest BCUT2D eigenvalue weighted by Crippen LogP contribution is 2.13. The number of aromatic amines is 1. The highest BCUT2D eigenvalue weighted by atomic mass is 32.1. The average Bonchev–Trinajstić information content (AvgIpc) is 2.84. The van der Waals surface area contributed by atoms with Gasteiger partial charge in [0.2, 0.25) is 0 Å². The molecule has 2 N–H and O–H groups in total. The zero-order valence-corrected chi connectivity index (χ0v) is 11.1. The summed E-state index contributed by atoms with van der Waals surface area (Å²) in [7, 11) is 1.60. The molecule has 2 aromatic rings. The SMILES string of the molecule is C#CCNC(=O)N(C)Cc1nc2ccsc2c(=O)[nH]1. The summed E-state index contributed by atoms with van der Waals surface area (Å²) < 4.78 is 0.586. The minimum atomic E-state index is -0.314. The maximum absolute atomic E-state index is 11.8. The molecule has 2 rings (SSSR count). The Hall–Kier alpha value is -2.33. The summed E-state index contributed by atoms with van der Waals surface area (Å²) in [4.78, 5) is 31.7. The number of aromatic nitrogens is 2. The third-order valence-corrected chi connectivity index (χ3v) is 3.34. The number of amides is 2. The van der Waals surface area contributed by atoms with E-state index in [9.17, 15) is 9.59 Å². The van der Waals surface area contributed by atoms with Crippen LogP contribution in [0.15, 0.2) is 16.2 Å². The molecule has 0 aromatic carbocycles. The minimum absolute atomic E-state index is 0.163. The lowest BCUT2D eigenvalue weighted by atomic mass is 10.4. The molecule has 2 aromatic heterocycles. The van der Waals surface area contributed by atoms with Gasteiger partial charge in [-0.15, -0.1) is 17.8 Å². The van der Waals surface area contributed by atoms with Gasteiger partial charge in [-0.1, -0.05) is 5.92 Å². The molecule has 0 aliphatic rings. The van der Waals surface area contributed by atoms with E-state index in [0.717, 1.165) is 0 Å². The standard InChI is InChI=1S/C12H12N4O2S/c1-3-5-13-12(18)16(2)7-9-14-8-4-6-19-10(8)11(17)15-9/h1,4,6H,5,7H2,2H3,(H,13,18)(H,14,15,17). The number of terminal acetylenes is 1. The van der Waals surface area contributed by atoms with Gasteiger partial charge in [-0.05, 0) is 11.4 Å². The van der Waals surface area contributed by atoms with Gasteiger partial charge in [0.25, 0.3) is 5.56 Å². The molecule has 0 saturated heterocycles. The molecule has 98 valence electrons. The summed E-state index contributed by atoms with van der Waals surface area (Å²) in [5.41, 5.74) is 0.452. The Morgan fingerprint density at radius 2 is 2.47 bits per heavy atom. The summed E-state index contributed by atoms with van der Waals surface area (Å²) in [6.07, 6.45) is 5.06. The molecule has 2 amide bonds. The van der Waals surface area contributed by atoms with Crippen molar-refractivity contribution in [2.24, 2.45) is 0 Å². The van der Waals surface area contributed by atoms with Crippen LogP contribution in [0.5, 0.6) is 0 Å².